The smallest absolute Gasteiger partial charge is 0.220 e. The van der Waals surface area contributed by atoms with Crippen LogP contribution in [0.1, 0.15) is 284 Å². The molecule has 1 aliphatic heterocycles. The fourth-order valence-electron chi connectivity index (χ4n) is 9.34. The van der Waals surface area contributed by atoms with Crippen molar-refractivity contribution in [3.8, 4) is 0 Å². The first-order valence-corrected chi connectivity index (χ1v) is 28.4. The molecule has 9 heteroatoms. The Morgan fingerprint density at radius 1 is 0.508 bits per heavy atom. The lowest BCUT2D eigenvalue weighted by molar-refractivity contribution is -0.302. The Balaban J connectivity index is 2.17. The number of hydrogen-bond donors (Lipinski definition) is 6. The second-order valence-corrected chi connectivity index (χ2v) is 20.1. The van der Waals surface area contributed by atoms with Gasteiger partial charge in [0.05, 0.1) is 25.4 Å². The minimum atomic E-state index is -1.56. The van der Waals surface area contributed by atoms with Crippen LogP contribution in [-0.4, -0.2) is 87.5 Å². The van der Waals surface area contributed by atoms with E-state index in [1.54, 1.807) is 6.08 Å². The molecule has 1 rings (SSSR count). The van der Waals surface area contributed by atoms with E-state index in [1.165, 1.54) is 225 Å². The first kappa shape index (κ1) is 61.9. The zero-order chi connectivity index (χ0) is 47.3. The lowest BCUT2D eigenvalue weighted by Gasteiger charge is -2.40. The van der Waals surface area contributed by atoms with Crippen molar-refractivity contribution >= 4 is 5.91 Å². The molecule has 1 heterocycles. The Kier molecular flexibility index (Phi) is 44.5. The standard InChI is InChI=1S/C56H109NO8/c1-3-5-7-9-11-13-15-17-19-20-21-22-23-24-25-26-27-28-29-30-32-34-36-38-40-42-44-46-52(60)57-49(48-64-56-55(63)54(62)53(61)51(47-58)65-56)50(59)45-43-41-39-37-35-33-31-18-16-14-12-10-8-6-4-2/h43,45,49-51,53-56,58-59,61-63H,3-42,44,46-48H2,1-2H3,(H,57,60)/b45-43+/t49-,50+,51+,53-,54?,55?,56+/m0/s1. The van der Waals surface area contributed by atoms with Crippen LogP contribution in [0.25, 0.3) is 0 Å². The predicted molar refractivity (Wildman–Crippen MR) is 272 cm³/mol. The molecule has 1 aliphatic rings. The van der Waals surface area contributed by atoms with Crippen molar-refractivity contribution in [1.82, 2.24) is 5.32 Å². The van der Waals surface area contributed by atoms with Gasteiger partial charge in [-0.1, -0.05) is 270 Å². The third-order valence-corrected chi connectivity index (χ3v) is 13.9. The van der Waals surface area contributed by atoms with Crippen LogP contribution in [0.5, 0.6) is 0 Å². The van der Waals surface area contributed by atoms with Crippen LogP contribution in [0.4, 0.5) is 0 Å². The maximum absolute atomic E-state index is 13.0. The van der Waals surface area contributed by atoms with Gasteiger partial charge in [-0.2, -0.15) is 0 Å². The Labute approximate surface area is 401 Å². The van der Waals surface area contributed by atoms with Gasteiger partial charge in [0.15, 0.2) is 6.29 Å². The molecule has 1 fully saturated rings. The van der Waals surface area contributed by atoms with Gasteiger partial charge in [0.25, 0.3) is 0 Å². The molecule has 1 saturated heterocycles. The Bertz CT molecular complexity index is 1030. The van der Waals surface area contributed by atoms with E-state index in [9.17, 15) is 30.3 Å². The molecule has 0 aliphatic carbocycles. The molecule has 7 atom stereocenters. The van der Waals surface area contributed by atoms with Gasteiger partial charge in [0, 0.05) is 6.42 Å². The summed E-state index contributed by atoms with van der Waals surface area (Å²) in [7, 11) is 0. The Morgan fingerprint density at radius 3 is 1.20 bits per heavy atom. The van der Waals surface area contributed by atoms with Gasteiger partial charge in [-0.3, -0.25) is 4.79 Å². The van der Waals surface area contributed by atoms with Gasteiger partial charge in [0.1, 0.15) is 24.4 Å². The highest BCUT2D eigenvalue weighted by Gasteiger charge is 2.44. The molecular formula is C56H109NO8. The second-order valence-electron chi connectivity index (χ2n) is 20.1. The number of unbranched alkanes of at least 4 members (excludes halogenated alkanes) is 39. The van der Waals surface area contributed by atoms with Crippen molar-refractivity contribution in [1.29, 1.82) is 0 Å². The Morgan fingerprint density at radius 2 is 0.846 bits per heavy atom. The predicted octanol–water partition coefficient (Wildman–Crippen LogP) is 13.6. The molecule has 0 radical (unpaired) electrons. The topological polar surface area (TPSA) is 149 Å². The van der Waals surface area contributed by atoms with E-state index in [-0.39, 0.29) is 12.5 Å². The number of carbonyl (C=O) groups is 1. The van der Waals surface area contributed by atoms with Crippen molar-refractivity contribution in [2.45, 2.75) is 326 Å². The number of carbonyl (C=O) groups excluding carboxylic acids is 1. The summed E-state index contributed by atoms with van der Waals surface area (Å²) < 4.78 is 11.3. The molecule has 1 amide bonds. The zero-order valence-electron chi connectivity index (χ0n) is 42.8. The molecule has 0 bridgehead atoms. The van der Waals surface area contributed by atoms with Crippen LogP contribution >= 0.6 is 0 Å². The van der Waals surface area contributed by atoms with Gasteiger partial charge in [-0.15, -0.1) is 0 Å². The van der Waals surface area contributed by atoms with Gasteiger partial charge >= 0.3 is 0 Å². The van der Waals surface area contributed by atoms with E-state index >= 15 is 0 Å². The summed E-state index contributed by atoms with van der Waals surface area (Å²) in [5, 5.41) is 54.4. The van der Waals surface area contributed by atoms with E-state index < -0.39 is 49.5 Å². The summed E-state index contributed by atoms with van der Waals surface area (Å²) in [6, 6.07) is -0.799. The molecule has 386 valence electrons. The quantitative estimate of drug-likeness (QED) is 0.0261. The van der Waals surface area contributed by atoms with Crippen LogP contribution in [0.15, 0.2) is 12.2 Å². The van der Waals surface area contributed by atoms with Crippen LogP contribution < -0.4 is 5.32 Å². The number of rotatable bonds is 49. The van der Waals surface area contributed by atoms with Crippen molar-refractivity contribution in [3.05, 3.63) is 12.2 Å². The highest BCUT2D eigenvalue weighted by Crippen LogP contribution is 2.23. The van der Waals surface area contributed by atoms with Crippen LogP contribution in [0, 0.1) is 0 Å². The molecule has 0 aromatic heterocycles. The fraction of sp³-hybridized carbons (Fsp3) is 0.946. The minimum Gasteiger partial charge on any atom is -0.394 e. The molecule has 6 N–H and O–H groups in total. The first-order valence-electron chi connectivity index (χ1n) is 28.4. The normalized spacial score (nSPS) is 19.9. The van der Waals surface area contributed by atoms with Gasteiger partial charge in [0.2, 0.25) is 5.91 Å². The molecule has 65 heavy (non-hydrogen) atoms. The minimum absolute atomic E-state index is 0.170. The monoisotopic (exact) mass is 924 g/mol. The number of hydrogen-bond acceptors (Lipinski definition) is 8. The first-order chi connectivity index (χ1) is 31.8. The van der Waals surface area contributed by atoms with Gasteiger partial charge < -0.3 is 40.3 Å². The van der Waals surface area contributed by atoms with Gasteiger partial charge in [-0.05, 0) is 19.3 Å². The van der Waals surface area contributed by atoms with E-state index in [1.807, 2.05) is 6.08 Å². The summed E-state index contributed by atoms with van der Waals surface area (Å²) >= 11 is 0. The van der Waals surface area contributed by atoms with Crippen molar-refractivity contribution in [2.75, 3.05) is 13.2 Å². The van der Waals surface area contributed by atoms with Crippen LogP contribution in [-0.2, 0) is 14.3 Å². The van der Waals surface area contributed by atoms with E-state index in [0.29, 0.717) is 6.42 Å². The molecular weight excluding hydrogens is 815 g/mol. The molecule has 0 saturated carbocycles. The maximum Gasteiger partial charge on any atom is 0.220 e. The molecule has 9 nitrogen and oxygen atoms in total. The maximum atomic E-state index is 13.0. The van der Waals surface area contributed by atoms with Crippen molar-refractivity contribution < 1.29 is 39.8 Å². The van der Waals surface area contributed by atoms with E-state index in [4.69, 9.17) is 9.47 Å². The Hall–Kier alpha value is -1.07. The second kappa shape index (κ2) is 46.6. The summed E-state index contributed by atoms with van der Waals surface area (Å²) in [5.74, 6) is -0.170. The van der Waals surface area contributed by atoms with E-state index in [2.05, 4.69) is 19.2 Å². The summed E-state index contributed by atoms with van der Waals surface area (Å²) in [6.07, 6.45) is 49.9. The van der Waals surface area contributed by atoms with Crippen LogP contribution in [0.2, 0.25) is 0 Å². The van der Waals surface area contributed by atoms with Gasteiger partial charge in [-0.25, -0.2) is 0 Å². The molecule has 0 spiro atoms. The summed E-state index contributed by atoms with van der Waals surface area (Å²) in [5.41, 5.74) is 0. The van der Waals surface area contributed by atoms with Crippen molar-refractivity contribution in [2.24, 2.45) is 0 Å². The van der Waals surface area contributed by atoms with Crippen molar-refractivity contribution in [3.63, 3.8) is 0 Å². The number of allylic oxidation sites excluding steroid dienone is 1. The SMILES string of the molecule is CCCCCCCCCCCCCCC/C=C/[C@@H](O)[C@H](CO[C@@H]1O[C@H](CO)[C@H](O)C(O)C1O)NC(=O)CCCCCCCCCCCCCCCCCCCCCCCCCCCCC. The number of aliphatic hydroxyl groups excluding tert-OH is 5. The zero-order valence-corrected chi connectivity index (χ0v) is 42.8. The molecule has 0 aromatic rings. The average Bonchev–Trinajstić information content (AvgIpc) is 3.31. The number of aliphatic hydroxyl groups is 5. The third-order valence-electron chi connectivity index (χ3n) is 13.9. The summed E-state index contributed by atoms with van der Waals surface area (Å²) in [6.45, 7) is 3.81. The highest BCUT2D eigenvalue weighted by atomic mass is 16.7. The number of amides is 1. The van der Waals surface area contributed by atoms with Crippen LogP contribution in [0.3, 0.4) is 0 Å². The number of nitrogens with one attached hydrogen (secondary N) is 1. The lowest BCUT2D eigenvalue weighted by Crippen LogP contribution is -2.60. The van der Waals surface area contributed by atoms with E-state index in [0.717, 1.165) is 38.5 Å². The number of ether oxygens (including phenoxy) is 2. The lowest BCUT2D eigenvalue weighted by atomic mass is 9.99. The summed E-state index contributed by atoms with van der Waals surface area (Å²) in [4.78, 5) is 13.0. The highest BCUT2D eigenvalue weighted by molar-refractivity contribution is 5.76. The largest absolute Gasteiger partial charge is 0.394 e. The average molecular weight is 924 g/mol. The molecule has 2 unspecified atom stereocenters. The third kappa shape index (κ3) is 36.6. The molecule has 0 aromatic carbocycles. The fourth-order valence-corrected chi connectivity index (χ4v) is 9.34.